The molecule has 0 aromatic heterocycles. The van der Waals surface area contributed by atoms with Gasteiger partial charge in [-0.15, -0.1) is 0 Å². The van der Waals surface area contributed by atoms with Gasteiger partial charge in [0.1, 0.15) is 0 Å². The van der Waals surface area contributed by atoms with Gasteiger partial charge < -0.3 is 10.1 Å². The zero-order chi connectivity index (χ0) is 12.7. The number of hydrogen-bond acceptors (Lipinski definition) is 4. The fourth-order valence-corrected chi connectivity index (χ4v) is 1.41. The Kier molecular flexibility index (Phi) is 5.59. The number of nitro groups is 1. The second kappa shape index (κ2) is 6.98. The van der Waals surface area contributed by atoms with Crippen molar-refractivity contribution >= 4 is 5.69 Å². The highest BCUT2D eigenvalue weighted by Gasteiger charge is 2.03. The quantitative estimate of drug-likeness (QED) is 0.446. The van der Waals surface area contributed by atoms with Gasteiger partial charge in [-0.3, -0.25) is 10.1 Å². The topological polar surface area (TPSA) is 64.4 Å². The smallest absolute Gasteiger partial charge is 0.269 e. The summed E-state index contributed by atoms with van der Waals surface area (Å²) in [6.45, 7) is 3.65. The molecule has 17 heavy (non-hydrogen) atoms. The molecular formula is C12H18N2O3. The molecule has 5 nitrogen and oxygen atoms in total. The molecule has 0 saturated heterocycles. The predicted molar refractivity (Wildman–Crippen MR) is 66.1 cm³/mol. The predicted octanol–water partition coefficient (Wildman–Crippen LogP) is 1.76. The molecule has 0 bridgehead atoms. The van der Waals surface area contributed by atoms with Crippen LogP contribution < -0.4 is 5.32 Å². The minimum absolute atomic E-state index is 0.134. The summed E-state index contributed by atoms with van der Waals surface area (Å²) in [5.41, 5.74) is 1.22. The van der Waals surface area contributed by atoms with E-state index in [1.807, 2.05) is 6.92 Å². The summed E-state index contributed by atoms with van der Waals surface area (Å²) in [6, 6.07) is 6.65. The van der Waals surface area contributed by atoms with Gasteiger partial charge in [-0.05, 0) is 25.5 Å². The average Bonchev–Trinajstić information content (AvgIpc) is 2.34. The Morgan fingerprint density at radius 3 is 2.59 bits per heavy atom. The van der Waals surface area contributed by atoms with E-state index in [0.29, 0.717) is 0 Å². The molecule has 0 amide bonds. The van der Waals surface area contributed by atoms with Crippen molar-refractivity contribution in [2.24, 2.45) is 0 Å². The molecule has 0 radical (unpaired) electrons. The van der Waals surface area contributed by atoms with Crippen LogP contribution in [0.4, 0.5) is 5.69 Å². The zero-order valence-electron chi connectivity index (χ0n) is 10.2. The summed E-state index contributed by atoms with van der Waals surface area (Å²) in [6.07, 6.45) is 1.06. The molecule has 0 heterocycles. The lowest BCUT2D eigenvalue weighted by molar-refractivity contribution is -0.384. The number of hydrogen-bond donors (Lipinski definition) is 1. The van der Waals surface area contributed by atoms with Crippen LogP contribution in [-0.4, -0.2) is 31.2 Å². The summed E-state index contributed by atoms with van der Waals surface area (Å²) >= 11 is 0. The molecule has 0 fully saturated rings. The van der Waals surface area contributed by atoms with Gasteiger partial charge >= 0.3 is 0 Å². The monoisotopic (exact) mass is 238 g/mol. The fraction of sp³-hybridized carbons (Fsp3) is 0.500. The molecular weight excluding hydrogens is 220 g/mol. The van der Waals surface area contributed by atoms with Crippen LogP contribution in [0.15, 0.2) is 24.3 Å². The van der Waals surface area contributed by atoms with Crippen molar-refractivity contribution in [3.05, 3.63) is 39.9 Å². The van der Waals surface area contributed by atoms with E-state index < -0.39 is 0 Å². The minimum Gasteiger partial charge on any atom is -0.380 e. The first-order valence-electron chi connectivity index (χ1n) is 5.60. The van der Waals surface area contributed by atoms with Gasteiger partial charge in [0.25, 0.3) is 5.69 Å². The molecule has 1 aromatic carbocycles. The Bertz CT molecular complexity index is 351. The van der Waals surface area contributed by atoms with Gasteiger partial charge in [-0.2, -0.15) is 0 Å². The van der Waals surface area contributed by atoms with Crippen molar-refractivity contribution in [3.8, 4) is 0 Å². The van der Waals surface area contributed by atoms with Gasteiger partial charge in [-0.1, -0.05) is 12.1 Å². The SMILES string of the molecule is COC(C)CNCCc1ccc([N+](=O)[O-])cc1. The summed E-state index contributed by atoms with van der Waals surface area (Å²) in [4.78, 5) is 10.1. The molecule has 0 aliphatic heterocycles. The normalized spacial score (nSPS) is 12.4. The number of benzene rings is 1. The lowest BCUT2D eigenvalue weighted by Gasteiger charge is -2.10. The van der Waals surface area contributed by atoms with Crippen LogP contribution in [-0.2, 0) is 11.2 Å². The Morgan fingerprint density at radius 2 is 2.06 bits per heavy atom. The number of nitrogens with zero attached hydrogens (tertiary/aromatic N) is 1. The number of rotatable bonds is 7. The first-order chi connectivity index (χ1) is 8.13. The maximum Gasteiger partial charge on any atom is 0.269 e. The van der Waals surface area contributed by atoms with Crippen LogP contribution in [0.1, 0.15) is 12.5 Å². The van der Waals surface area contributed by atoms with Crippen molar-refractivity contribution in [3.63, 3.8) is 0 Å². The summed E-state index contributed by atoms with van der Waals surface area (Å²) in [7, 11) is 1.68. The standard InChI is InChI=1S/C12H18N2O3/c1-10(17-2)9-13-8-7-11-3-5-12(6-4-11)14(15)16/h3-6,10,13H,7-9H2,1-2H3. The van der Waals surface area contributed by atoms with Gasteiger partial charge in [0.15, 0.2) is 0 Å². The molecule has 1 atom stereocenters. The van der Waals surface area contributed by atoms with E-state index in [2.05, 4.69) is 5.32 Å². The van der Waals surface area contributed by atoms with Gasteiger partial charge in [-0.25, -0.2) is 0 Å². The highest BCUT2D eigenvalue weighted by atomic mass is 16.6. The van der Waals surface area contributed by atoms with Crippen molar-refractivity contribution in [1.82, 2.24) is 5.32 Å². The average molecular weight is 238 g/mol. The van der Waals surface area contributed by atoms with Crippen LogP contribution in [0.3, 0.4) is 0 Å². The highest BCUT2D eigenvalue weighted by molar-refractivity contribution is 5.32. The number of nitrogens with one attached hydrogen (secondary N) is 1. The third kappa shape index (κ3) is 4.93. The van der Waals surface area contributed by atoms with E-state index in [1.54, 1.807) is 19.2 Å². The van der Waals surface area contributed by atoms with E-state index in [9.17, 15) is 10.1 Å². The summed E-state index contributed by atoms with van der Waals surface area (Å²) < 4.78 is 5.11. The van der Waals surface area contributed by atoms with Crippen molar-refractivity contribution in [2.45, 2.75) is 19.4 Å². The first kappa shape index (κ1) is 13.6. The molecule has 1 N–H and O–H groups in total. The van der Waals surface area contributed by atoms with Crippen molar-refractivity contribution < 1.29 is 9.66 Å². The fourth-order valence-electron chi connectivity index (χ4n) is 1.41. The van der Waals surface area contributed by atoms with Crippen LogP contribution in [0.25, 0.3) is 0 Å². The number of nitro benzene ring substituents is 1. The number of methoxy groups -OCH3 is 1. The van der Waals surface area contributed by atoms with Crippen molar-refractivity contribution in [2.75, 3.05) is 20.2 Å². The van der Waals surface area contributed by atoms with Crippen LogP contribution >= 0.6 is 0 Å². The lowest BCUT2D eigenvalue weighted by Crippen LogP contribution is -2.27. The number of ether oxygens (including phenoxy) is 1. The maximum absolute atomic E-state index is 10.5. The van der Waals surface area contributed by atoms with Crippen molar-refractivity contribution in [1.29, 1.82) is 0 Å². The van der Waals surface area contributed by atoms with E-state index in [-0.39, 0.29) is 16.7 Å². The summed E-state index contributed by atoms with van der Waals surface area (Å²) in [5.74, 6) is 0. The molecule has 1 aromatic rings. The van der Waals surface area contributed by atoms with Crippen LogP contribution in [0.2, 0.25) is 0 Å². The highest BCUT2D eigenvalue weighted by Crippen LogP contribution is 2.11. The van der Waals surface area contributed by atoms with Crippen LogP contribution in [0.5, 0.6) is 0 Å². The second-order valence-electron chi connectivity index (χ2n) is 3.92. The van der Waals surface area contributed by atoms with E-state index >= 15 is 0 Å². The molecule has 0 aliphatic rings. The second-order valence-corrected chi connectivity index (χ2v) is 3.92. The molecule has 1 rings (SSSR count). The molecule has 0 aliphatic carbocycles. The largest absolute Gasteiger partial charge is 0.380 e. The Labute approximate surface area is 101 Å². The Hall–Kier alpha value is -1.46. The third-order valence-corrected chi connectivity index (χ3v) is 2.57. The van der Waals surface area contributed by atoms with Gasteiger partial charge in [0, 0.05) is 25.8 Å². The molecule has 0 saturated carbocycles. The zero-order valence-corrected chi connectivity index (χ0v) is 10.2. The molecule has 1 unspecified atom stereocenters. The lowest BCUT2D eigenvalue weighted by atomic mass is 10.1. The van der Waals surface area contributed by atoms with E-state index in [4.69, 9.17) is 4.74 Å². The Balaban J connectivity index is 2.30. The van der Waals surface area contributed by atoms with E-state index in [1.165, 1.54) is 12.1 Å². The van der Waals surface area contributed by atoms with Gasteiger partial charge in [0.05, 0.1) is 11.0 Å². The van der Waals surface area contributed by atoms with Crippen LogP contribution in [0, 0.1) is 10.1 Å². The Morgan fingerprint density at radius 1 is 1.41 bits per heavy atom. The molecule has 5 heteroatoms. The maximum atomic E-state index is 10.5. The minimum atomic E-state index is -0.387. The molecule has 94 valence electrons. The first-order valence-corrected chi connectivity index (χ1v) is 5.60. The summed E-state index contributed by atoms with van der Waals surface area (Å²) in [5, 5.41) is 13.7. The molecule has 0 spiro atoms. The number of non-ortho nitro benzene ring substituents is 1. The van der Waals surface area contributed by atoms with E-state index in [0.717, 1.165) is 25.1 Å². The van der Waals surface area contributed by atoms with Gasteiger partial charge in [0.2, 0.25) is 0 Å². The third-order valence-electron chi connectivity index (χ3n) is 2.57.